The molecule has 0 spiro atoms. The maximum Gasteiger partial charge on any atom is 0.302 e. The van der Waals surface area contributed by atoms with Crippen LogP contribution in [0.15, 0.2) is 52.7 Å². The summed E-state index contributed by atoms with van der Waals surface area (Å²) in [6.45, 7) is 4.13. The van der Waals surface area contributed by atoms with Gasteiger partial charge in [-0.25, -0.2) is 0 Å². The molecule has 0 bridgehead atoms. The lowest BCUT2D eigenvalue weighted by atomic mass is 10.1. The van der Waals surface area contributed by atoms with Crippen LogP contribution >= 0.6 is 0 Å². The van der Waals surface area contributed by atoms with Crippen LogP contribution in [0.5, 0.6) is 11.6 Å². The average Bonchev–Trinajstić information content (AvgIpc) is 2.95. The van der Waals surface area contributed by atoms with E-state index in [1.54, 1.807) is 28.8 Å². The third kappa shape index (κ3) is 3.80. The van der Waals surface area contributed by atoms with E-state index in [0.717, 1.165) is 16.5 Å². The number of carbonyl (C=O) groups excluding carboxylic acids is 1. The number of azo groups is 1. The molecule has 7 heteroatoms. The van der Waals surface area contributed by atoms with E-state index in [1.807, 2.05) is 38.1 Å². The number of rotatable bonds is 5. The summed E-state index contributed by atoms with van der Waals surface area (Å²) in [5.74, 6) is -0.148. The fourth-order valence-corrected chi connectivity index (χ4v) is 2.76. The quantitative estimate of drug-likeness (QED) is 0.686. The molecular formula is C20H18N4O3. The molecule has 0 radical (unpaired) electrons. The van der Waals surface area contributed by atoms with E-state index in [0.29, 0.717) is 17.9 Å². The normalized spacial score (nSPS) is 11.0. The third-order valence-electron chi connectivity index (χ3n) is 4.09. The Morgan fingerprint density at radius 1 is 1.26 bits per heavy atom. The summed E-state index contributed by atoms with van der Waals surface area (Å²) in [7, 11) is 0. The molecule has 0 aliphatic rings. The fraction of sp³-hybridized carbons (Fsp3) is 0.200. The summed E-state index contributed by atoms with van der Waals surface area (Å²) in [4.78, 5) is 12.0. The zero-order chi connectivity index (χ0) is 19.4. The first-order valence-corrected chi connectivity index (χ1v) is 8.42. The molecule has 3 rings (SSSR count). The van der Waals surface area contributed by atoms with E-state index in [9.17, 15) is 9.90 Å². The zero-order valence-electron chi connectivity index (χ0n) is 15.0. The average molecular weight is 362 g/mol. The van der Waals surface area contributed by atoms with E-state index >= 15 is 0 Å². The monoisotopic (exact) mass is 362 g/mol. The molecule has 0 aliphatic carbocycles. The van der Waals surface area contributed by atoms with Crippen molar-refractivity contribution in [1.82, 2.24) is 4.57 Å². The first kappa shape index (κ1) is 18.1. The van der Waals surface area contributed by atoms with Gasteiger partial charge < -0.3 is 14.4 Å². The van der Waals surface area contributed by atoms with Crippen LogP contribution in [0.4, 0.5) is 5.69 Å². The van der Waals surface area contributed by atoms with Gasteiger partial charge in [0.1, 0.15) is 5.75 Å². The highest BCUT2D eigenvalue weighted by molar-refractivity contribution is 5.95. The highest BCUT2D eigenvalue weighted by Crippen LogP contribution is 2.39. The highest BCUT2D eigenvalue weighted by Gasteiger charge is 2.16. The van der Waals surface area contributed by atoms with E-state index in [1.165, 1.54) is 0 Å². The smallest absolute Gasteiger partial charge is 0.302 e. The summed E-state index contributed by atoms with van der Waals surface area (Å²) in [5.41, 5.74) is 2.62. The van der Waals surface area contributed by atoms with Crippen LogP contribution in [0.25, 0.3) is 10.9 Å². The van der Waals surface area contributed by atoms with Gasteiger partial charge in [-0.3, -0.25) is 4.79 Å². The molecule has 1 aromatic heterocycles. The molecule has 1 N–H and O–H groups in total. The Bertz CT molecular complexity index is 1060. The summed E-state index contributed by atoms with van der Waals surface area (Å²) in [6.07, 6.45) is 0. The SMILES string of the molecule is CCn1c(O)c(N=NC(=O)COc2ccc(C#N)cc2)c2cc(C)ccc21. The number of ether oxygens (including phenoxy) is 1. The number of aromatic nitrogens is 1. The minimum absolute atomic E-state index is 0.0253. The zero-order valence-corrected chi connectivity index (χ0v) is 15.0. The van der Waals surface area contributed by atoms with Crippen LogP contribution in [0, 0.1) is 18.3 Å². The van der Waals surface area contributed by atoms with E-state index < -0.39 is 5.91 Å². The van der Waals surface area contributed by atoms with Crippen molar-refractivity contribution in [2.45, 2.75) is 20.4 Å². The lowest BCUT2D eigenvalue weighted by Gasteiger charge is -2.02. The van der Waals surface area contributed by atoms with Crippen molar-refractivity contribution in [3.8, 4) is 17.7 Å². The number of nitriles is 1. The van der Waals surface area contributed by atoms with E-state index in [4.69, 9.17) is 10.00 Å². The molecule has 27 heavy (non-hydrogen) atoms. The Hall–Kier alpha value is -3.66. The summed E-state index contributed by atoms with van der Waals surface area (Å²) in [5, 5.41) is 27.5. The predicted molar refractivity (Wildman–Crippen MR) is 100 cm³/mol. The van der Waals surface area contributed by atoms with Crippen LogP contribution in [-0.2, 0) is 11.3 Å². The lowest BCUT2D eigenvalue weighted by molar-refractivity contribution is -0.120. The summed E-state index contributed by atoms with van der Waals surface area (Å²) < 4.78 is 7.05. The molecular weight excluding hydrogens is 344 g/mol. The predicted octanol–water partition coefficient (Wildman–Crippen LogP) is 4.24. The van der Waals surface area contributed by atoms with Gasteiger partial charge in [-0.1, -0.05) is 11.6 Å². The molecule has 0 saturated heterocycles. The Kier molecular flexibility index (Phi) is 5.18. The van der Waals surface area contributed by atoms with Gasteiger partial charge >= 0.3 is 5.91 Å². The van der Waals surface area contributed by atoms with Crippen LogP contribution < -0.4 is 4.74 Å². The molecule has 0 unspecified atom stereocenters. The first-order valence-electron chi connectivity index (χ1n) is 8.42. The molecule has 1 heterocycles. The van der Waals surface area contributed by atoms with Crippen LogP contribution in [0.3, 0.4) is 0 Å². The number of nitrogens with zero attached hydrogens (tertiary/aromatic N) is 4. The second-order valence-corrected chi connectivity index (χ2v) is 5.96. The van der Waals surface area contributed by atoms with Crippen molar-refractivity contribution >= 4 is 22.5 Å². The number of benzene rings is 2. The number of carbonyl (C=O) groups is 1. The lowest BCUT2D eigenvalue weighted by Crippen LogP contribution is -2.07. The standard InChI is InChI=1S/C20H18N4O3/c1-3-24-17-9-4-13(2)10-16(17)19(20(24)26)23-22-18(25)12-27-15-7-5-14(11-21)6-8-15/h4-10,26H,3,12H2,1-2H3. The van der Waals surface area contributed by atoms with Gasteiger partial charge in [-0.05, 0) is 50.2 Å². The van der Waals surface area contributed by atoms with Crippen molar-refractivity contribution in [2.24, 2.45) is 10.2 Å². The second kappa shape index (κ2) is 7.70. The Morgan fingerprint density at radius 2 is 2.00 bits per heavy atom. The summed E-state index contributed by atoms with van der Waals surface area (Å²) >= 11 is 0. The van der Waals surface area contributed by atoms with Gasteiger partial charge in [0.2, 0.25) is 5.88 Å². The number of aromatic hydroxyl groups is 1. The molecule has 0 atom stereocenters. The van der Waals surface area contributed by atoms with Crippen molar-refractivity contribution in [2.75, 3.05) is 6.61 Å². The van der Waals surface area contributed by atoms with Crippen LogP contribution in [0.1, 0.15) is 18.1 Å². The van der Waals surface area contributed by atoms with E-state index in [-0.39, 0.29) is 18.2 Å². The minimum atomic E-state index is -0.580. The molecule has 1 amide bonds. The molecule has 7 nitrogen and oxygen atoms in total. The first-order chi connectivity index (χ1) is 13.0. The van der Waals surface area contributed by atoms with Gasteiger partial charge in [0.15, 0.2) is 12.3 Å². The number of aryl methyl sites for hydroxylation is 2. The minimum Gasteiger partial charge on any atom is -0.493 e. The second-order valence-electron chi connectivity index (χ2n) is 5.96. The van der Waals surface area contributed by atoms with Crippen molar-refractivity contribution in [3.63, 3.8) is 0 Å². The van der Waals surface area contributed by atoms with E-state index in [2.05, 4.69) is 10.2 Å². The van der Waals surface area contributed by atoms with Crippen molar-refractivity contribution < 1.29 is 14.6 Å². The highest BCUT2D eigenvalue weighted by atomic mass is 16.5. The number of fused-ring (bicyclic) bond motifs is 1. The topological polar surface area (TPSA) is 100.0 Å². The summed E-state index contributed by atoms with van der Waals surface area (Å²) in [6, 6.07) is 14.2. The largest absolute Gasteiger partial charge is 0.493 e. The number of hydrogen-bond acceptors (Lipinski definition) is 5. The van der Waals surface area contributed by atoms with Gasteiger partial charge in [0.05, 0.1) is 17.1 Å². The molecule has 0 fully saturated rings. The van der Waals surface area contributed by atoms with Gasteiger partial charge in [-0.2, -0.15) is 5.26 Å². The molecule has 136 valence electrons. The van der Waals surface area contributed by atoms with Gasteiger partial charge in [-0.15, -0.1) is 10.2 Å². The Balaban J connectivity index is 1.77. The molecule has 2 aromatic carbocycles. The molecule has 3 aromatic rings. The van der Waals surface area contributed by atoms with Crippen molar-refractivity contribution in [1.29, 1.82) is 5.26 Å². The molecule has 0 aliphatic heterocycles. The van der Waals surface area contributed by atoms with Gasteiger partial charge in [0.25, 0.3) is 0 Å². The molecule has 0 saturated carbocycles. The van der Waals surface area contributed by atoms with Crippen molar-refractivity contribution in [3.05, 3.63) is 53.6 Å². The third-order valence-corrected chi connectivity index (χ3v) is 4.09. The number of hydrogen-bond donors (Lipinski definition) is 1. The number of amides is 1. The van der Waals surface area contributed by atoms with Crippen LogP contribution in [0.2, 0.25) is 0 Å². The maximum atomic E-state index is 12.0. The van der Waals surface area contributed by atoms with Crippen LogP contribution in [-0.4, -0.2) is 22.2 Å². The Labute approximate surface area is 156 Å². The maximum absolute atomic E-state index is 12.0. The van der Waals surface area contributed by atoms with Gasteiger partial charge in [0, 0.05) is 11.9 Å². The fourth-order valence-electron chi connectivity index (χ4n) is 2.76. The Morgan fingerprint density at radius 3 is 2.67 bits per heavy atom.